The molecule has 0 aromatic rings. The van der Waals surface area contributed by atoms with Crippen LogP contribution in [0.2, 0.25) is 0 Å². The lowest BCUT2D eigenvalue weighted by Crippen LogP contribution is -2.52. The Bertz CT molecular complexity index is 330. The number of nitrogens with one attached hydrogen (secondary N) is 3. The maximum Gasteiger partial charge on any atom is 0.328 e. The van der Waals surface area contributed by atoms with E-state index < -0.39 is 24.1 Å². The van der Waals surface area contributed by atoms with Gasteiger partial charge in [0.15, 0.2) is 6.04 Å². The van der Waals surface area contributed by atoms with Gasteiger partial charge >= 0.3 is 12.0 Å². The van der Waals surface area contributed by atoms with E-state index in [1.54, 1.807) is 0 Å². The van der Waals surface area contributed by atoms with Crippen LogP contribution >= 0.6 is 0 Å². The van der Waals surface area contributed by atoms with E-state index in [1.165, 1.54) is 6.92 Å². The molecule has 0 aromatic heterocycles. The summed E-state index contributed by atoms with van der Waals surface area (Å²) in [6.45, 7) is 5.34. The monoisotopic (exact) mass is 275 g/mol. The number of hydrogen-bond donors (Lipinski definition) is 5. The van der Waals surface area contributed by atoms with Crippen molar-refractivity contribution in [3.05, 3.63) is 0 Å². The second-order valence-corrected chi connectivity index (χ2v) is 4.58. The van der Waals surface area contributed by atoms with Gasteiger partial charge in [-0.1, -0.05) is 13.8 Å². The highest BCUT2D eigenvalue weighted by molar-refractivity contribution is 5.86. The van der Waals surface area contributed by atoms with Crippen molar-refractivity contribution in [2.45, 2.75) is 32.9 Å². The second-order valence-electron chi connectivity index (χ2n) is 4.58. The lowest BCUT2D eigenvalue weighted by atomic mass is 10.2. The van der Waals surface area contributed by atoms with Crippen LogP contribution in [0.25, 0.3) is 0 Å². The standard InChI is InChI=1S/C11H21N3O5/c1-6(2)4-12-8(16)5-13-11(19)14-9(7(3)15)10(17)18/h6-7,9,15H,4-5H2,1-3H3,(H,12,16)(H,17,18)(H2,13,14,19)/t7-,9+/m1/s1. The van der Waals surface area contributed by atoms with Gasteiger partial charge in [0, 0.05) is 6.54 Å². The average molecular weight is 275 g/mol. The number of hydrogen-bond acceptors (Lipinski definition) is 4. The summed E-state index contributed by atoms with van der Waals surface area (Å²) < 4.78 is 0. The molecule has 110 valence electrons. The van der Waals surface area contributed by atoms with Gasteiger partial charge in [-0.05, 0) is 12.8 Å². The zero-order valence-corrected chi connectivity index (χ0v) is 11.3. The largest absolute Gasteiger partial charge is 0.480 e. The van der Waals surface area contributed by atoms with Crippen LogP contribution in [0, 0.1) is 5.92 Å². The predicted molar refractivity (Wildman–Crippen MR) is 67.5 cm³/mol. The Morgan fingerprint density at radius 3 is 2.11 bits per heavy atom. The average Bonchev–Trinajstić information content (AvgIpc) is 2.29. The number of carbonyl (C=O) groups is 3. The number of carboxylic acids is 1. The summed E-state index contributed by atoms with van der Waals surface area (Å²) in [5, 5.41) is 24.7. The molecule has 0 bridgehead atoms. The molecule has 0 saturated carbocycles. The minimum Gasteiger partial charge on any atom is -0.480 e. The first-order valence-electron chi connectivity index (χ1n) is 5.96. The molecule has 3 amide bonds. The molecule has 8 nitrogen and oxygen atoms in total. The molecule has 0 rings (SSSR count). The summed E-state index contributed by atoms with van der Waals surface area (Å²) in [7, 11) is 0. The summed E-state index contributed by atoms with van der Waals surface area (Å²) in [5.41, 5.74) is 0. The van der Waals surface area contributed by atoms with Crippen molar-refractivity contribution in [1.82, 2.24) is 16.0 Å². The maximum absolute atomic E-state index is 11.3. The number of aliphatic carboxylic acids is 1. The number of rotatable bonds is 7. The Labute approximate surface area is 111 Å². The van der Waals surface area contributed by atoms with Crippen molar-refractivity contribution >= 4 is 17.9 Å². The zero-order chi connectivity index (χ0) is 15.0. The number of aliphatic hydroxyl groups is 1. The molecule has 0 radical (unpaired) electrons. The van der Waals surface area contributed by atoms with Gasteiger partial charge < -0.3 is 26.2 Å². The molecule has 0 aromatic carbocycles. The Hall–Kier alpha value is -1.83. The highest BCUT2D eigenvalue weighted by Crippen LogP contribution is 1.92. The van der Waals surface area contributed by atoms with E-state index in [4.69, 9.17) is 10.2 Å². The van der Waals surface area contributed by atoms with Crippen LogP contribution in [0.5, 0.6) is 0 Å². The van der Waals surface area contributed by atoms with Crippen LogP contribution in [0.1, 0.15) is 20.8 Å². The molecule has 0 aliphatic heterocycles. The van der Waals surface area contributed by atoms with E-state index in [-0.39, 0.29) is 12.5 Å². The van der Waals surface area contributed by atoms with E-state index in [0.717, 1.165) is 0 Å². The first-order valence-corrected chi connectivity index (χ1v) is 5.96. The van der Waals surface area contributed by atoms with Gasteiger partial charge in [0.2, 0.25) is 5.91 Å². The summed E-state index contributed by atoms with van der Waals surface area (Å²) in [6, 6.07) is -2.24. The summed E-state index contributed by atoms with van der Waals surface area (Å²) in [4.78, 5) is 33.3. The number of urea groups is 1. The summed E-state index contributed by atoms with van der Waals surface area (Å²) in [5.74, 6) is -1.42. The fourth-order valence-corrected chi connectivity index (χ4v) is 1.12. The lowest BCUT2D eigenvalue weighted by Gasteiger charge is -2.17. The van der Waals surface area contributed by atoms with Crippen LogP contribution in [0.15, 0.2) is 0 Å². The minimum atomic E-state index is -1.42. The molecular weight excluding hydrogens is 254 g/mol. The third-order valence-corrected chi connectivity index (χ3v) is 2.15. The SMILES string of the molecule is CC(C)CNC(=O)CNC(=O)N[C@H](C(=O)O)[C@@H](C)O. The van der Waals surface area contributed by atoms with Crippen molar-refractivity contribution in [3.8, 4) is 0 Å². The molecule has 0 heterocycles. The zero-order valence-electron chi connectivity index (χ0n) is 11.3. The first-order chi connectivity index (χ1) is 8.73. The van der Waals surface area contributed by atoms with Gasteiger partial charge in [-0.25, -0.2) is 9.59 Å². The smallest absolute Gasteiger partial charge is 0.328 e. The summed E-state index contributed by atoms with van der Waals surface area (Å²) >= 11 is 0. The van der Waals surface area contributed by atoms with Gasteiger partial charge in [-0.2, -0.15) is 0 Å². The van der Waals surface area contributed by atoms with E-state index in [9.17, 15) is 14.4 Å². The van der Waals surface area contributed by atoms with Gasteiger partial charge in [-0.3, -0.25) is 4.79 Å². The molecular formula is C11H21N3O5. The van der Waals surface area contributed by atoms with E-state index in [2.05, 4.69) is 16.0 Å². The minimum absolute atomic E-state index is 0.259. The van der Waals surface area contributed by atoms with E-state index in [0.29, 0.717) is 12.5 Å². The maximum atomic E-state index is 11.3. The number of carbonyl (C=O) groups excluding carboxylic acids is 2. The molecule has 0 saturated heterocycles. The Kier molecular flexibility index (Phi) is 7.50. The highest BCUT2D eigenvalue weighted by Gasteiger charge is 2.24. The van der Waals surface area contributed by atoms with Crippen molar-refractivity contribution in [3.63, 3.8) is 0 Å². The van der Waals surface area contributed by atoms with Crippen LogP contribution in [0.4, 0.5) is 4.79 Å². The van der Waals surface area contributed by atoms with Gasteiger partial charge in [0.1, 0.15) is 0 Å². The van der Waals surface area contributed by atoms with Gasteiger partial charge in [-0.15, -0.1) is 0 Å². The third-order valence-electron chi connectivity index (χ3n) is 2.15. The fourth-order valence-electron chi connectivity index (χ4n) is 1.12. The fraction of sp³-hybridized carbons (Fsp3) is 0.727. The molecule has 5 N–H and O–H groups in total. The summed E-state index contributed by atoms with van der Waals surface area (Å²) in [6.07, 6.45) is -1.24. The predicted octanol–water partition coefficient (Wildman–Crippen LogP) is -1.11. The number of amides is 3. The molecule has 19 heavy (non-hydrogen) atoms. The van der Waals surface area contributed by atoms with Gasteiger partial charge in [0.25, 0.3) is 0 Å². The highest BCUT2D eigenvalue weighted by atomic mass is 16.4. The molecule has 0 unspecified atom stereocenters. The van der Waals surface area contributed by atoms with Crippen molar-refractivity contribution in [2.24, 2.45) is 5.92 Å². The van der Waals surface area contributed by atoms with Crippen LogP contribution in [-0.4, -0.2) is 53.4 Å². The van der Waals surface area contributed by atoms with Crippen LogP contribution in [0.3, 0.4) is 0 Å². The molecule has 2 atom stereocenters. The number of aliphatic hydroxyl groups excluding tert-OH is 1. The molecule has 0 aliphatic rings. The lowest BCUT2D eigenvalue weighted by molar-refractivity contribution is -0.141. The van der Waals surface area contributed by atoms with Crippen LogP contribution < -0.4 is 16.0 Å². The topological polar surface area (TPSA) is 128 Å². The normalized spacial score (nSPS) is 13.5. The second kappa shape index (κ2) is 8.30. The Morgan fingerprint density at radius 2 is 1.68 bits per heavy atom. The molecule has 8 heteroatoms. The number of carboxylic acid groups (broad SMARTS) is 1. The van der Waals surface area contributed by atoms with Crippen molar-refractivity contribution < 1.29 is 24.6 Å². The van der Waals surface area contributed by atoms with Crippen molar-refractivity contribution in [2.75, 3.05) is 13.1 Å². The molecule has 0 spiro atoms. The van der Waals surface area contributed by atoms with Crippen molar-refractivity contribution in [1.29, 1.82) is 0 Å². The molecule has 0 aliphatic carbocycles. The molecule has 0 fully saturated rings. The van der Waals surface area contributed by atoms with E-state index in [1.807, 2.05) is 13.8 Å². The van der Waals surface area contributed by atoms with E-state index >= 15 is 0 Å². The third kappa shape index (κ3) is 7.98. The van der Waals surface area contributed by atoms with Gasteiger partial charge in [0.05, 0.1) is 12.6 Å². The first kappa shape index (κ1) is 17.2. The Balaban J connectivity index is 4.04. The van der Waals surface area contributed by atoms with Crippen LogP contribution in [-0.2, 0) is 9.59 Å². The Morgan fingerprint density at radius 1 is 1.11 bits per heavy atom. The quantitative estimate of drug-likeness (QED) is 0.402.